The van der Waals surface area contributed by atoms with E-state index in [-0.39, 0.29) is 6.01 Å². The molecular formula is C12H14N4O. The van der Waals surface area contributed by atoms with Gasteiger partial charge in [-0.1, -0.05) is 24.3 Å². The average Bonchev–Trinajstić information content (AvgIpc) is 2.37. The number of hydrogen-bond donors (Lipinski definition) is 2. The minimum absolute atomic E-state index is 0.275. The molecule has 5 nitrogen and oxygen atoms in total. The van der Waals surface area contributed by atoms with Gasteiger partial charge in [0.25, 0.3) is 0 Å². The van der Waals surface area contributed by atoms with Crippen molar-refractivity contribution in [3.63, 3.8) is 0 Å². The first kappa shape index (κ1) is 11.3. The largest absolute Gasteiger partial charge is 0.459 e. The van der Waals surface area contributed by atoms with Crippen LogP contribution in [0.25, 0.3) is 0 Å². The molecule has 0 radical (unpaired) electrons. The van der Waals surface area contributed by atoms with E-state index in [0.717, 1.165) is 11.1 Å². The molecule has 5 heteroatoms. The fourth-order valence-corrected chi connectivity index (χ4v) is 1.46. The predicted octanol–water partition coefficient (Wildman–Crippen LogP) is 1.10. The first-order valence-electron chi connectivity index (χ1n) is 5.28. The van der Waals surface area contributed by atoms with Crippen molar-refractivity contribution < 1.29 is 4.74 Å². The van der Waals surface area contributed by atoms with Gasteiger partial charge in [0.05, 0.1) is 0 Å². The van der Waals surface area contributed by atoms with E-state index in [9.17, 15) is 0 Å². The number of benzene rings is 1. The van der Waals surface area contributed by atoms with Crippen LogP contribution in [0.4, 0.5) is 5.82 Å². The number of nitrogens with zero attached hydrogens (tertiary/aromatic N) is 2. The van der Waals surface area contributed by atoms with Crippen molar-refractivity contribution in [2.75, 3.05) is 5.73 Å². The summed E-state index contributed by atoms with van der Waals surface area (Å²) in [6.07, 6.45) is 1.56. The highest BCUT2D eigenvalue weighted by Gasteiger charge is 2.02. The van der Waals surface area contributed by atoms with Crippen LogP contribution in [-0.4, -0.2) is 9.97 Å². The van der Waals surface area contributed by atoms with Crippen molar-refractivity contribution in [3.05, 3.63) is 47.7 Å². The van der Waals surface area contributed by atoms with E-state index in [1.54, 1.807) is 12.3 Å². The van der Waals surface area contributed by atoms with Gasteiger partial charge < -0.3 is 16.2 Å². The number of ether oxygens (including phenoxy) is 1. The fraction of sp³-hybridized carbons (Fsp3) is 0.167. The van der Waals surface area contributed by atoms with Crippen LogP contribution in [0, 0.1) is 0 Å². The highest BCUT2D eigenvalue weighted by molar-refractivity contribution is 5.28. The summed E-state index contributed by atoms with van der Waals surface area (Å²) in [5.74, 6) is 0.391. The van der Waals surface area contributed by atoms with Crippen LogP contribution in [-0.2, 0) is 13.2 Å². The third-order valence-electron chi connectivity index (χ3n) is 2.35. The van der Waals surface area contributed by atoms with E-state index in [1.165, 1.54) is 0 Å². The zero-order chi connectivity index (χ0) is 12.1. The Balaban J connectivity index is 2.07. The van der Waals surface area contributed by atoms with Crippen LogP contribution < -0.4 is 16.2 Å². The van der Waals surface area contributed by atoms with Gasteiger partial charge in [-0.05, 0) is 17.2 Å². The normalized spacial score (nSPS) is 10.2. The van der Waals surface area contributed by atoms with Gasteiger partial charge in [0.2, 0.25) is 0 Å². The van der Waals surface area contributed by atoms with Crippen LogP contribution in [0.5, 0.6) is 6.01 Å². The minimum Gasteiger partial charge on any atom is -0.459 e. The Morgan fingerprint density at radius 3 is 2.59 bits per heavy atom. The smallest absolute Gasteiger partial charge is 0.318 e. The molecule has 1 aromatic carbocycles. The summed E-state index contributed by atoms with van der Waals surface area (Å²) < 4.78 is 5.46. The lowest BCUT2D eigenvalue weighted by molar-refractivity contribution is 0.280. The second-order valence-electron chi connectivity index (χ2n) is 3.53. The van der Waals surface area contributed by atoms with Gasteiger partial charge in [-0.15, -0.1) is 0 Å². The van der Waals surface area contributed by atoms with Gasteiger partial charge in [0.1, 0.15) is 12.4 Å². The van der Waals surface area contributed by atoms with Gasteiger partial charge in [-0.25, -0.2) is 4.98 Å². The van der Waals surface area contributed by atoms with Crippen molar-refractivity contribution in [2.45, 2.75) is 13.2 Å². The molecule has 0 aliphatic rings. The molecule has 0 spiro atoms. The predicted molar refractivity (Wildman–Crippen MR) is 65.1 cm³/mol. The lowest BCUT2D eigenvalue weighted by Crippen LogP contribution is -2.06. The molecule has 17 heavy (non-hydrogen) atoms. The molecule has 2 rings (SSSR count). The van der Waals surface area contributed by atoms with Crippen molar-refractivity contribution in [1.82, 2.24) is 9.97 Å². The quantitative estimate of drug-likeness (QED) is 0.821. The van der Waals surface area contributed by atoms with Crippen LogP contribution in [0.3, 0.4) is 0 Å². The number of hydrogen-bond acceptors (Lipinski definition) is 5. The van der Waals surface area contributed by atoms with E-state index in [4.69, 9.17) is 16.2 Å². The van der Waals surface area contributed by atoms with Gasteiger partial charge in [0, 0.05) is 12.7 Å². The van der Waals surface area contributed by atoms with Gasteiger partial charge in [-0.3, -0.25) is 0 Å². The van der Waals surface area contributed by atoms with Gasteiger partial charge in [0.15, 0.2) is 0 Å². The Labute approximate surface area is 99.5 Å². The Bertz CT molecular complexity index is 501. The van der Waals surface area contributed by atoms with Crippen LogP contribution in [0.2, 0.25) is 0 Å². The summed E-state index contributed by atoms with van der Waals surface area (Å²) >= 11 is 0. The van der Waals surface area contributed by atoms with Crippen LogP contribution in [0.15, 0.2) is 36.5 Å². The molecular weight excluding hydrogens is 216 g/mol. The summed E-state index contributed by atoms with van der Waals surface area (Å²) in [6.45, 7) is 0.869. The minimum atomic E-state index is 0.275. The molecule has 0 unspecified atom stereocenters. The van der Waals surface area contributed by atoms with E-state index in [1.807, 2.05) is 24.3 Å². The molecule has 0 saturated carbocycles. The zero-order valence-corrected chi connectivity index (χ0v) is 9.34. The van der Waals surface area contributed by atoms with E-state index in [2.05, 4.69) is 9.97 Å². The van der Waals surface area contributed by atoms with Crippen LogP contribution in [0.1, 0.15) is 11.1 Å². The molecule has 0 atom stereocenters. The van der Waals surface area contributed by atoms with Crippen molar-refractivity contribution >= 4 is 5.82 Å². The topological polar surface area (TPSA) is 87.0 Å². The highest BCUT2D eigenvalue weighted by Crippen LogP contribution is 2.11. The number of anilines is 1. The molecule has 0 saturated heterocycles. The lowest BCUT2D eigenvalue weighted by atomic mass is 10.1. The number of nitrogen functional groups attached to an aromatic ring is 1. The van der Waals surface area contributed by atoms with Crippen molar-refractivity contribution in [2.24, 2.45) is 5.73 Å². The first-order chi connectivity index (χ1) is 8.29. The number of rotatable bonds is 4. The number of aromatic nitrogens is 2. The average molecular weight is 230 g/mol. The molecule has 88 valence electrons. The fourth-order valence-electron chi connectivity index (χ4n) is 1.46. The zero-order valence-electron chi connectivity index (χ0n) is 9.34. The summed E-state index contributed by atoms with van der Waals surface area (Å²) in [5.41, 5.74) is 13.3. The van der Waals surface area contributed by atoms with Gasteiger partial charge >= 0.3 is 6.01 Å². The van der Waals surface area contributed by atoms with Crippen LogP contribution >= 0.6 is 0 Å². The molecule has 0 bridgehead atoms. The van der Waals surface area contributed by atoms with Crippen molar-refractivity contribution in [1.29, 1.82) is 0 Å². The monoisotopic (exact) mass is 230 g/mol. The second kappa shape index (κ2) is 5.27. The maximum atomic E-state index is 5.64. The third kappa shape index (κ3) is 2.92. The summed E-state index contributed by atoms with van der Waals surface area (Å²) in [5, 5.41) is 0. The molecule has 0 aliphatic carbocycles. The van der Waals surface area contributed by atoms with E-state index >= 15 is 0 Å². The Kier molecular flexibility index (Phi) is 3.52. The molecule has 2 aromatic rings. The molecule has 1 aromatic heterocycles. The number of nitrogens with two attached hydrogens (primary N) is 2. The summed E-state index contributed by atoms with van der Waals surface area (Å²) in [4.78, 5) is 7.92. The molecule has 0 amide bonds. The molecule has 0 aliphatic heterocycles. The maximum absolute atomic E-state index is 5.64. The van der Waals surface area contributed by atoms with Gasteiger partial charge in [-0.2, -0.15) is 4.98 Å². The SMILES string of the molecule is NCc1ccccc1COc1nccc(N)n1. The summed E-state index contributed by atoms with van der Waals surface area (Å²) in [7, 11) is 0. The van der Waals surface area contributed by atoms with E-state index < -0.39 is 0 Å². The molecule has 0 fully saturated rings. The Hall–Kier alpha value is -2.14. The molecule has 1 heterocycles. The first-order valence-corrected chi connectivity index (χ1v) is 5.28. The van der Waals surface area contributed by atoms with E-state index in [0.29, 0.717) is 19.0 Å². The summed E-state index contributed by atoms with van der Waals surface area (Å²) in [6, 6.07) is 9.71. The standard InChI is InChI=1S/C12H14N4O/c13-7-9-3-1-2-4-10(9)8-17-12-15-6-5-11(14)16-12/h1-6H,7-8,13H2,(H2,14,15,16). The highest BCUT2D eigenvalue weighted by atomic mass is 16.5. The Morgan fingerprint density at radius 2 is 1.88 bits per heavy atom. The molecule has 4 N–H and O–H groups in total. The third-order valence-corrected chi connectivity index (χ3v) is 2.35. The maximum Gasteiger partial charge on any atom is 0.318 e. The van der Waals surface area contributed by atoms with Crippen molar-refractivity contribution in [3.8, 4) is 6.01 Å². The second-order valence-corrected chi connectivity index (χ2v) is 3.53. The lowest BCUT2D eigenvalue weighted by Gasteiger charge is -2.08. The Morgan fingerprint density at radius 1 is 1.12 bits per heavy atom.